The fraction of sp³-hybridized carbons (Fsp3) is 0.200. The third kappa shape index (κ3) is 3.35. The number of alkyl halides is 1. The Kier molecular flexibility index (Phi) is 5.10. The van der Waals surface area contributed by atoms with Crippen LogP contribution in [0.15, 0.2) is 36.4 Å². The van der Waals surface area contributed by atoms with Crippen molar-refractivity contribution in [1.82, 2.24) is 0 Å². The highest BCUT2D eigenvalue weighted by molar-refractivity contribution is 6.31. The predicted molar refractivity (Wildman–Crippen MR) is 78.3 cm³/mol. The molecule has 0 saturated carbocycles. The van der Waals surface area contributed by atoms with Crippen molar-refractivity contribution < 1.29 is 13.9 Å². The van der Waals surface area contributed by atoms with Crippen molar-refractivity contribution in [2.75, 3.05) is 7.11 Å². The van der Waals surface area contributed by atoms with E-state index in [1.807, 2.05) is 6.07 Å². The Balaban J connectivity index is 2.19. The van der Waals surface area contributed by atoms with Crippen molar-refractivity contribution in [2.24, 2.45) is 0 Å². The Morgan fingerprint density at radius 1 is 1.15 bits per heavy atom. The number of rotatable bonds is 5. The number of ether oxygens (including phenoxy) is 2. The molecule has 0 heterocycles. The molecule has 0 saturated heterocycles. The summed E-state index contributed by atoms with van der Waals surface area (Å²) in [7, 11) is 1.55. The second-order valence-electron chi connectivity index (χ2n) is 4.12. The van der Waals surface area contributed by atoms with Gasteiger partial charge in [-0.2, -0.15) is 0 Å². The van der Waals surface area contributed by atoms with Gasteiger partial charge in [0.2, 0.25) is 0 Å². The Morgan fingerprint density at radius 3 is 2.65 bits per heavy atom. The molecule has 2 aromatic carbocycles. The van der Waals surface area contributed by atoms with E-state index < -0.39 is 5.82 Å². The summed E-state index contributed by atoms with van der Waals surface area (Å²) in [6.07, 6.45) is 0. The lowest BCUT2D eigenvalue weighted by Crippen LogP contribution is -2.00. The van der Waals surface area contributed by atoms with Crippen molar-refractivity contribution in [3.8, 4) is 11.5 Å². The van der Waals surface area contributed by atoms with Crippen LogP contribution in [0.5, 0.6) is 11.5 Å². The summed E-state index contributed by atoms with van der Waals surface area (Å²) in [5.74, 6) is 1.05. The first-order valence-corrected chi connectivity index (χ1v) is 6.85. The van der Waals surface area contributed by atoms with Crippen LogP contribution in [0.1, 0.15) is 11.1 Å². The summed E-state index contributed by atoms with van der Waals surface area (Å²) in [6, 6.07) is 10.0. The van der Waals surface area contributed by atoms with Gasteiger partial charge in [0.15, 0.2) is 11.5 Å². The van der Waals surface area contributed by atoms with Gasteiger partial charge >= 0.3 is 0 Å². The van der Waals surface area contributed by atoms with Gasteiger partial charge in [-0.05, 0) is 23.8 Å². The van der Waals surface area contributed by atoms with E-state index in [1.54, 1.807) is 31.4 Å². The molecule has 5 heteroatoms. The number of benzene rings is 2. The molecule has 0 unspecified atom stereocenters. The summed E-state index contributed by atoms with van der Waals surface area (Å²) in [5.41, 5.74) is 1.48. The molecule has 0 fully saturated rings. The van der Waals surface area contributed by atoms with E-state index in [-0.39, 0.29) is 11.6 Å². The van der Waals surface area contributed by atoms with E-state index >= 15 is 0 Å². The highest BCUT2D eigenvalue weighted by atomic mass is 35.5. The van der Waals surface area contributed by atoms with Crippen LogP contribution in [-0.2, 0) is 12.5 Å². The van der Waals surface area contributed by atoms with E-state index in [0.717, 1.165) is 5.56 Å². The van der Waals surface area contributed by atoms with Crippen molar-refractivity contribution >= 4 is 23.2 Å². The van der Waals surface area contributed by atoms with E-state index in [2.05, 4.69) is 0 Å². The van der Waals surface area contributed by atoms with E-state index in [4.69, 9.17) is 32.7 Å². The van der Waals surface area contributed by atoms with Crippen LogP contribution >= 0.6 is 23.2 Å². The lowest BCUT2D eigenvalue weighted by molar-refractivity contribution is 0.284. The van der Waals surface area contributed by atoms with Crippen LogP contribution in [0.4, 0.5) is 4.39 Å². The normalized spacial score (nSPS) is 10.4. The van der Waals surface area contributed by atoms with Crippen LogP contribution in [0.2, 0.25) is 5.02 Å². The Bertz CT molecular complexity index is 602. The first-order valence-electron chi connectivity index (χ1n) is 5.94. The van der Waals surface area contributed by atoms with E-state index in [0.29, 0.717) is 22.9 Å². The van der Waals surface area contributed by atoms with Crippen LogP contribution in [0.3, 0.4) is 0 Å². The third-order valence-corrected chi connectivity index (χ3v) is 3.53. The van der Waals surface area contributed by atoms with Crippen molar-refractivity contribution in [3.05, 3.63) is 58.4 Å². The largest absolute Gasteiger partial charge is 0.493 e. The Labute approximate surface area is 127 Å². The summed E-state index contributed by atoms with van der Waals surface area (Å²) in [6.45, 7) is 0.151. The molecule has 0 spiro atoms. The van der Waals surface area contributed by atoms with Crippen LogP contribution in [-0.4, -0.2) is 7.11 Å². The second kappa shape index (κ2) is 6.82. The first-order chi connectivity index (χ1) is 9.65. The molecule has 0 aromatic heterocycles. The molecule has 0 atom stereocenters. The summed E-state index contributed by atoms with van der Waals surface area (Å²) in [4.78, 5) is 0. The van der Waals surface area contributed by atoms with Crippen LogP contribution in [0, 0.1) is 5.82 Å². The Morgan fingerprint density at radius 2 is 1.95 bits per heavy atom. The lowest BCUT2D eigenvalue weighted by Gasteiger charge is -2.12. The molecule has 0 aliphatic heterocycles. The minimum Gasteiger partial charge on any atom is -0.493 e. The fourth-order valence-corrected chi connectivity index (χ4v) is 2.08. The zero-order valence-corrected chi connectivity index (χ0v) is 12.3. The SMILES string of the molecule is COc1ccc(CCl)cc1OCc1cccc(F)c1Cl. The third-order valence-electron chi connectivity index (χ3n) is 2.80. The molecule has 2 aromatic rings. The van der Waals surface area contributed by atoms with Crippen molar-refractivity contribution in [2.45, 2.75) is 12.5 Å². The van der Waals surface area contributed by atoms with Gasteiger partial charge in [0.05, 0.1) is 12.1 Å². The van der Waals surface area contributed by atoms with Gasteiger partial charge in [-0.3, -0.25) is 0 Å². The quantitative estimate of drug-likeness (QED) is 0.738. The molecular formula is C15H13Cl2FO2. The van der Waals surface area contributed by atoms with Crippen LogP contribution < -0.4 is 9.47 Å². The molecule has 0 aliphatic carbocycles. The molecule has 2 nitrogen and oxygen atoms in total. The van der Waals surface area contributed by atoms with Gasteiger partial charge < -0.3 is 9.47 Å². The average Bonchev–Trinajstić information content (AvgIpc) is 2.48. The molecular weight excluding hydrogens is 302 g/mol. The summed E-state index contributed by atoms with van der Waals surface area (Å²) >= 11 is 11.7. The molecule has 0 aliphatic rings. The maximum atomic E-state index is 13.3. The van der Waals surface area contributed by atoms with Gasteiger partial charge in [0, 0.05) is 11.4 Å². The topological polar surface area (TPSA) is 18.5 Å². The number of halogens is 3. The van der Waals surface area contributed by atoms with Gasteiger partial charge in [0.1, 0.15) is 12.4 Å². The molecule has 0 N–H and O–H groups in total. The zero-order chi connectivity index (χ0) is 14.5. The second-order valence-corrected chi connectivity index (χ2v) is 4.77. The smallest absolute Gasteiger partial charge is 0.161 e. The minimum atomic E-state index is -0.464. The predicted octanol–water partition coefficient (Wildman–Crippen LogP) is 4.81. The maximum absolute atomic E-state index is 13.3. The maximum Gasteiger partial charge on any atom is 0.161 e. The molecule has 2 rings (SSSR count). The monoisotopic (exact) mass is 314 g/mol. The minimum absolute atomic E-state index is 0.0694. The lowest BCUT2D eigenvalue weighted by atomic mass is 10.2. The van der Waals surface area contributed by atoms with Gasteiger partial charge in [-0.1, -0.05) is 29.8 Å². The molecule has 20 heavy (non-hydrogen) atoms. The van der Waals surface area contributed by atoms with Gasteiger partial charge in [-0.25, -0.2) is 4.39 Å². The molecule has 0 amide bonds. The van der Waals surface area contributed by atoms with Gasteiger partial charge in [-0.15, -0.1) is 11.6 Å². The Hall–Kier alpha value is -1.45. The molecule has 0 radical (unpaired) electrons. The molecule has 106 valence electrons. The summed E-state index contributed by atoms with van der Waals surface area (Å²) < 4.78 is 24.2. The first kappa shape index (κ1) is 14.9. The molecule has 0 bridgehead atoms. The highest BCUT2D eigenvalue weighted by Gasteiger charge is 2.09. The number of hydrogen-bond acceptors (Lipinski definition) is 2. The number of methoxy groups -OCH3 is 1. The van der Waals surface area contributed by atoms with Gasteiger partial charge in [0.25, 0.3) is 0 Å². The van der Waals surface area contributed by atoms with Crippen molar-refractivity contribution in [3.63, 3.8) is 0 Å². The average molecular weight is 315 g/mol. The standard InChI is InChI=1S/C15H13Cl2FO2/c1-19-13-6-5-10(8-16)7-14(13)20-9-11-3-2-4-12(18)15(11)17/h2-7H,8-9H2,1H3. The highest BCUT2D eigenvalue weighted by Crippen LogP contribution is 2.30. The fourth-order valence-electron chi connectivity index (χ4n) is 1.73. The van der Waals surface area contributed by atoms with Crippen molar-refractivity contribution in [1.29, 1.82) is 0 Å². The zero-order valence-electron chi connectivity index (χ0n) is 10.8. The van der Waals surface area contributed by atoms with E-state index in [9.17, 15) is 4.39 Å². The van der Waals surface area contributed by atoms with E-state index in [1.165, 1.54) is 6.07 Å². The number of hydrogen-bond donors (Lipinski definition) is 0. The summed E-state index contributed by atoms with van der Waals surface area (Å²) in [5, 5.41) is 0.0694. The van der Waals surface area contributed by atoms with Crippen LogP contribution in [0.25, 0.3) is 0 Å².